The van der Waals surface area contributed by atoms with Crippen LogP contribution in [0, 0.1) is 6.92 Å². The summed E-state index contributed by atoms with van der Waals surface area (Å²) >= 11 is 0. The number of amides is 1. The van der Waals surface area contributed by atoms with Gasteiger partial charge in [-0.3, -0.25) is 4.79 Å². The maximum absolute atomic E-state index is 11.6. The number of likely N-dealkylation sites (N-methyl/N-ethyl adjacent to an activating group) is 1. The third-order valence-electron chi connectivity index (χ3n) is 2.59. The second-order valence-electron chi connectivity index (χ2n) is 4.37. The van der Waals surface area contributed by atoms with Crippen molar-refractivity contribution in [2.75, 3.05) is 6.54 Å². The summed E-state index contributed by atoms with van der Waals surface area (Å²) < 4.78 is 5.59. The standard InChI is InChI=1S/C15H19NO4/c1-4-16-15(19)11(3)20-13-7-5-10(2)9-12(13)6-8-14(17)18/h5-9,11H,4H2,1-3H3,(H,16,19)(H,17,18). The summed E-state index contributed by atoms with van der Waals surface area (Å²) in [4.78, 5) is 22.2. The molecule has 0 spiro atoms. The Morgan fingerprint density at radius 1 is 1.45 bits per heavy atom. The van der Waals surface area contributed by atoms with E-state index in [1.165, 1.54) is 6.08 Å². The lowest BCUT2D eigenvalue weighted by Gasteiger charge is -2.16. The molecule has 0 radical (unpaired) electrons. The minimum Gasteiger partial charge on any atom is -0.480 e. The molecule has 108 valence electrons. The predicted octanol–water partition coefficient (Wildman–Crippen LogP) is 2.00. The summed E-state index contributed by atoms with van der Waals surface area (Å²) in [5.74, 6) is -0.762. The third kappa shape index (κ3) is 4.76. The molecule has 0 saturated carbocycles. The topological polar surface area (TPSA) is 75.6 Å². The number of aliphatic carboxylic acids is 1. The SMILES string of the molecule is CCNC(=O)C(C)Oc1ccc(C)cc1C=CC(=O)O. The van der Waals surface area contributed by atoms with Gasteiger partial charge >= 0.3 is 5.97 Å². The molecule has 0 fully saturated rings. The summed E-state index contributed by atoms with van der Waals surface area (Å²) in [5.41, 5.74) is 1.61. The van der Waals surface area contributed by atoms with Crippen LogP contribution in [0.3, 0.4) is 0 Å². The molecule has 0 aliphatic carbocycles. The van der Waals surface area contributed by atoms with Gasteiger partial charge in [-0.25, -0.2) is 4.79 Å². The molecule has 0 aliphatic rings. The van der Waals surface area contributed by atoms with Gasteiger partial charge in [0.25, 0.3) is 5.91 Å². The van der Waals surface area contributed by atoms with Crippen LogP contribution in [0.2, 0.25) is 0 Å². The third-order valence-corrected chi connectivity index (χ3v) is 2.59. The Balaban J connectivity index is 2.94. The highest BCUT2D eigenvalue weighted by Crippen LogP contribution is 2.22. The molecule has 1 atom stereocenters. The monoisotopic (exact) mass is 277 g/mol. The van der Waals surface area contributed by atoms with Crippen LogP contribution in [0.1, 0.15) is 25.0 Å². The first-order valence-electron chi connectivity index (χ1n) is 6.40. The fourth-order valence-corrected chi connectivity index (χ4v) is 1.63. The molecule has 0 heterocycles. The maximum atomic E-state index is 11.6. The fourth-order valence-electron chi connectivity index (χ4n) is 1.63. The summed E-state index contributed by atoms with van der Waals surface area (Å²) in [6.07, 6.45) is 1.85. The van der Waals surface area contributed by atoms with Crippen molar-refractivity contribution in [1.82, 2.24) is 5.32 Å². The van der Waals surface area contributed by atoms with Crippen LogP contribution in [0.4, 0.5) is 0 Å². The Morgan fingerprint density at radius 2 is 2.15 bits per heavy atom. The first-order valence-corrected chi connectivity index (χ1v) is 6.40. The fraction of sp³-hybridized carbons (Fsp3) is 0.333. The largest absolute Gasteiger partial charge is 0.480 e. The lowest BCUT2D eigenvalue weighted by Crippen LogP contribution is -2.36. The summed E-state index contributed by atoms with van der Waals surface area (Å²) in [6.45, 7) is 5.91. The molecule has 1 unspecified atom stereocenters. The molecule has 0 aromatic heterocycles. The predicted molar refractivity (Wildman–Crippen MR) is 76.6 cm³/mol. The van der Waals surface area contributed by atoms with Crippen LogP contribution < -0.4 is 10.1 Å². The normalized spacial score (nSPS) is 12.2. The Labute approximate surface area is 118 Å². The minimum atomic E-state index is -1.03. The Hall–Kier alpha value is -2.30. The van der Waals surface area contributed by atoms with Gasteiger partial charge < -0.3 is 15.2 Å². The van der Waals surface area contributed by atoms with E-state index in [-0.39, 0.29) is 5.91 Å². The Kier molecular flexibility index (Phi) is 5.77. The average molecular weight is 277 g/mol. The molecule has 1 aromatic rings. The summed E-state index contributed by atoms with van der Waals surface area (Å²) in [5, 5.41) is 11.4. The molecule has 1 aromatic carbocycles. The zero-order valence-electron chi connectivity index (χ0n) is 11.8. The van der Waals surface area contributed by atoms with Crippen molar-refractivity contribution in [1.29, 1.82) is 0 Å². The quantitative estimate of drug-likeness (QED) is 0.780. The van der Waals surface area contributed by atoms with E-state index in [1.54, 1.807) is 19.1 Å². The van der Waals surface area contributed by atoms with Crippen molar-refractivity contribution in [3.8, 4) is 5.75 Å². The maximum Gasteiger partial charge on any atom is 0.328 e. The number of carbonyl (C=O) groups is 2. The second-order valence-corrected chi connectivity index (χ2v) is 4.37. The molecule has 2 N–H and O–H groups in total. The van der Waals surface area contributed by atoms with E-state index < -0.39 is 12.1 Å². The van der Waals surface area contributed by atoms with Crippen molar-refractivity contribution in [2.24, 2.45) is 0 Å². The zero-order chi connectivity index (χ0) is 15.1. The summed E-state index contributed by atoms with van der Waals surface area (Å²) in [7, 11) is 0. The number of benzene rings is 1. The van der Waals surface area contributed by atoms with Crippen LogP contribution >= 0.6 is 0 Å². The molecule has 20 heavy (non-hydrogen) atoms. The van der Waals surface area contributed by atoms with E-state index in [0.717, 1.165) is 11.6 Å². The van der Waals surface area contributed by atoms with E-state index in [9.17, 15) is 9.59 Å². The van der Waals surface area contributed by atoms with E-state index in [4.69, 9.17) is 9.84 Å². The molecule has 1 amide bonds. The highest BCUT2D eigenvalue weighted by Gasteiger charge is 2.14. The number of hydrogen-bond donors (Lipinski definition) is 2. The van der Waals surface area contributed by atoms with Crippen LogP contribution in [0.5, 0.6) is 5.75 Å². The molecular formula is C15H19NO4. The minimum absolute atomic E-state index is 0.207. The zero-order valence-corrected chi connectivity index (χ0v) is 11.8. The Bertz CT molecular complexity index is 523. The molecule has 0 saturated heterocycles. The van der Waals surface area contributed by atoms with Crippen molar-refractivity contribution in [3.63, 3.8) is 0 Å². The van der Waals surface area contributed by atoms with Gasteiger partial charge in [0, 0.05) is 18.2 Å². The van der Waals surface area contributed by atoms with Gasteiger partial charge in [-0.05, 0) is 39.0 Å². The van der Waals surface area contributed by atoms with Gasteiger partial charge in [0.15, 0.2) is 6.10 Å². The number of carboxylic acids is 1. The van der Waals surface area contributed by atoms with E-state index >= 15 is 0 Å². The van der Waals surface area contributed by atoms with Gasteiger partial charge in [0.05, 0.1) is 0 Å². The number of carbonyl (C=O) groups excluding carboxylic acids is 1. The highest BCUT2D eigenvalue weighted by molar-refractivity contribution is 5.86. The molecule has 5 heteroatoms. The van der Waals surface area contributed by atoms with Crippen molar-refractivity contribution >= 4 is 18.0 Å². The number of rotatable bonds is 6. The number of ether oxygens (including phenoxy) is 1. The summed E-state index contributed by atoms with van der Waals surface area (Å²) in [6, 6.07) is 5.38. The molecule has 0 bridgehead atoms. The smallest absolute Gasteiger partial charge is 0.328 e. The number of carboxylic acid groups (broad SMARTS) is 1. The molecule has 5 nitrogen and oxygen atoms in total. The van der Waals surface area contributed by atoms with Gasteiger partial charge in [-0.1, -0.05) is 11.6 Å². The molecular weight excluding hydrogens is 258 g/mol. The second kappa shape index (κ2) is 7.33. The van der Waals surface area contributed by atoms with Crippen LogP contribution in [0.15, 0.2) is 24.3 Å². The van der Waals surface area contributed by atoms with Crippen molar-refractivity contribution < 1.29 is 19.4 Å². The first kappa shape index (κ1) is 15.8. The molecule has 1 rings (SSSR count). The van der Waals surface area contributed by atoms with Gasteiger partial charge in [0.1, 0.15) is 5.75 Å². The molecule has 0 aliphatic heterocycles. The van der Waals surface area contributed by atoms with E-state index in [1.807, 2.05) is 19.9 Å². The number of aryl methyl sites for hydroxylation is 1. The van der Waals surface area contributed by atoms with Crippen LogP contribution in [0.25, 0.3) is 6.08 Å². The lowest BCUT2D eigenvalue weighted by atomic mass is 10.1. The first-order chi connectivity index (χ1) is 9.43. The van der Waals surface area contributed by atoms with Crippen molar-refractivity contribution in [2.45, 2.75) is 26.9 Å². The van der Waals surface area contributed by atoms with E-state index in [2.05, 4.69) is 5.32 Å². The van der Waals surface area contributed by atoms with Gasteiger partial charge in [0.2, 0.25) is 0 Å². The van der Waals surface area contributed by atoms with E-state index in [0.29, 0.717) is 17.9 Å². The number of nitrogens with one attached hydrogen (secondary N) is 1. The lowest BCUT2D eigenvalue weighted by molar-refractivity contribution is -0.131. The van der Waals surface area contributed by atoms with Crippen molar-refractivity contribution in [3.05, 3.63) is 35.4 Å². The van der Waals surface area contributed by atoms with Gasteiger partial charge in [-0.2, -0.15) is 0 Å². The number of hydrogen-bond acceptors (Lipinski definition) is 3. The van der Waals surface area contributed by atoms with Crippen LogP contribution in [-0.2, 0) is 9.59 Å². The van der Waals surface area contributed by atoms with Gasteiger partial charge in [-0.15, -0.1) is 0 Å². The Morgan fingerprint density at radius 3 is 2.75 bits per heavy atom. The highest BCUT2D eigenvalue weighted by atomic mass is 16.5. The van der Waals surface area contributed by atoms with Crippen LogP contribution in [-0.4, -0.2) is 29.6 Å². The average Bonchev–Trinajstić information content (AvgIpc) is 2.39.